The van der Waals surface area contributed by atoms with E-state index in [1.807, 2.05) is 32.2 Å². The molecule has 0 fully saturated rings. The number of hydrogen-bond acceptors (Lipinski definition) is 3. The first-order valence-corrected chi connectivity index (χ1v) is 7.01. The lowest BCUT2D eigenvalue weighted by Gasteiger charge is -2.25. The van der Waals surface area contributed by atoms with Crippen LogP contribution in [0.4, 0.5) is 0 Å². The molecule has 0 unspecified atom stereocenters. The van der Waals surface area contributed by atoms with Crippen LogP contribution in [-0.2, 0) is 11.2 Å². The highest BCUT2D eigenvalue weighted by atomic mass is 16.3. The second kappa shape index (κ2) is 6.88. The summed E-state index contributed by atoms with van der Waals surface area (Å²) >= 11 is 0. The summed E-state index contributed by atoms with van der Waals surface area (Å²) in [6.45, 7) is 1.99. The zero-order valence-corrected chi connectivity index (χ0v) is 12.4. The van der Waals surface area contributed by atoms with Crippen LogP contribution >= 0.6 is 0 Å². The maximum atomic E-state index is 12.3. The number of phenolic OH excluding ortho intramolecular Hbond substituents is 1. The Morgan fingerprint density at radius 3 is 2.81 bits per heavy atom. The number of benzene rings is 1. The van der Waals surface area contributed by atoms with Crippen molar-refractivity contribution in [1.29, 1.82) is 0 Å². The zero-order chi connectivity index (χ0) is 15.2. The summed E-state index contributed by atoms with van der Waals surface area (Å²) in [6, 6.07) is 10.9. The number of aromatic nitrogens is 1. The summed E-state index contributed by atoms with van der Waals surface area (Å²) < 4.78 is 0. The number of amides is 1. The van der Waals surface area contributed by atoms with Gasteiger partial charge in [0, 0.05) is 25.9 Å². The Morgan fingerprint density at radius 1 is 1.33 bits per heavy atom. The first-order chi connectivity index (χ1) is 10.1. The summed E-state index contributed by atoms with van der Waals surface area (Å²) in [5.41, 5.74) is 1.98. The number of rotatable bonds is 5. The van der Waals surface area contributed by atoms with Crippen LogP contribution in [0.3, 0.4) is 0 Å². The van der Waals surface area contributed by atoms with Crippen LogP contribution in [0.5, 0.6) is 5.75 Å². The molecule has 110 valence electrons. The van der Waals surface area contributed by atoms with Gasteiger partial charge < -0.3 is 10.0 Å². The average Bonchev–Trinajstić information content (AvgIpc) is 2.52. The topological polar surface area (TPSA) is 53.4 Å². The van der Waals surface area contributed by atoms with Crippen LogP contribution in [0, 0.1) is 0 Å². The van der Waals surface area contributed by atoms with Gasteiger partial charge in [0.05, 0.1) is 6.04 Å². The number of pyridine rings is 1. The van der Waals surface area contributed by atoms with E-state index in [-0.39, 0.29) is 17.7 Å². The second-order valence-corrected chi connectivity index (χ2v) is 5.14. The quantitative estimate of drug-likeness (QED) is 0.918. The van der Waals surface area contributed by atoms with Gasteiger partial charge in [-0.25, -0.2) is 0 Å². The van der Waals surface area contributed by atoms with Crippen molar-refractivity contribution in [2.45, 2.75) is 25.8 Å². The Hall–Kier alpha value is -2.36. The molecule has 0 aliphatic heterocycles. The Kier molecular flexibility index (Phi) is 4.93. The molecule has 2 aromatic rings. The molecule has 1 amide bonds. The van der Waals surface area contributed by atoms with Crippen molar-refractivity contribution >= 4 is 5.91 Å². The zero-order valence-electron chi connectivity index (χ0n) is 12.4. The molecule has 0 spiro atoms. The Balaban J connectivity index is 1.94. The van der Waals surface area contributed by atoms with Crippen LogP contribution in [-0.4, -0.2) is 27.9 Å². The molecule has 4 nitrogen and oxygen atoms in total. The number of carbonyl (C=O) groups is 1. The smallest absolute Gasteiger partial charge is 0.223 e. The Morgan fingerprint density at radius 2 is 2.14 bits per heavy atom. The highest BCUT2D eigenvalue weighted by Gasteiger charge is 2.17. The minimum Gasteiger partial charge on any atom is -0.508 e. The van der Waals surface area contributed by atoms with Crippen LogP contribution < -0.4 is 0 Å². The van der Waals surface area contributed by atoms with Crippen LogP contribution in [0.25, 0.3) is 0 Å². The SMILES string of the molecule is C[C@H](c1cccnc1)N(C)C(=O)CCc1cccc(O)c1. The third-order valence-electron chi connectivity index (χ3n) is 3.68. The first kappa shape index (κ1) is 15.0. The van der Waals surface area contributed by atoms with Crippen molar-refractivity contribution in [2.24, 2.45) is 0 Å². The van der Waals surface area contributed by atoms with E-state index < -0.39 is 0 Å². The molecule has 2 rings (SSSR count). The number of carbonyl (C=O) groups excluding carboxylic acids is 1. The molecule has 0 radical (unpaired) electrons. The number of aromatic hydroxyl groups is 1. The van der Waals surface area contributed by atoms with Crippen molar-refractivity contribution < 1.29 is 9.90 Å². The third-order valence-corrected chi connectivity index (χ3v) is 3.68. The molecule has 1 aromatic carbocycles. The molecule has 1 N–H and O–H groups in total. The van der Waals surface area contributed by atoms with Gasteiger partial charge >= 0.3 is 0 Å². The molecule has 1 aromatic heterocycles. The van der Waals surface area contributed by atoms with Gasteiger partial charge in [0.15, 0.2) is 0 Å². The number of hydrogen-bond donors (Lipinski definition) is 1. The molecule has 4 heteroatoms. The molecule has 1 atom stereocenters. The average molecular weight is 284 g/mol. The fourth-order valence-electron chi connectivity index (χ4n) is 2.20. The monoisotopic (exact) mass is 284 g/mol. The standard InChI is InChI=1S/C17H20N2O2/c1-13(15-6-4-10-18-12-15)19(2)17(21)9-8-14-5-3-7-16(20)11-14/h3-7,10-13,20H,8-9H2,1-2H3/t13-/m1/s1. The third kappa shape index (κ3) is 4.05. The highest BCUT2D eigenvalue weighted by molar-refractivity contribution is 5.76. The fraction of sp³-hybridized carbons (Fsp3) is 0.294. The summed E-state index contributed by atoms with van der Waals surface area (Å²) in [5.74, 6) is 0.312. The van der Waals surface area contributed by atoms with E-state index in [1.54, 1.807) is 35.5 Å². The highest BCUT2D eigenvalue weighted by Crippen LogP contribution is 2.19. The molecule has 21 heavy (non-hydrogen) atoms. The molecule has 0 bridgehead atoms. The van der Waals surface area contributed by atoms with Crippen LogP contribution in [0.2, 0.25) is 0 Å². The number of nitrogens with zero attached hydrogens (tertiary/aromatic N) is 2. The van der Waals surface area contributed by atoms with Gasteiger partial charge in [-0.3, -0.25) is 9.78 Å². The van der Waals surface area contributed by atoms with Gasteiger partial charge in [0.2, 0.25) is 5.91 Å². The molecular weight excluding hydrogens is 264 g/mol. The van der Waals surface area contributed by atoms with E-state index >= 15 is 0 Å². The van der Waals surface area contributed by atoms with Crippen molar-refractivity contribution in [2.75, 3.05) is 7.05 Å². The predicted molar refractivity (Wildman–Crippen MR) is 81.8 cm³/mol. The minimum absolute atomic E-state index is 0.00428. The van der Waals surface area contributed by atoms with Gasteiger partial charge in [-0.15, -0.1) is 0 Å². The van der Waals surface area contributed by atoms with E-state index in [0.29, 0.717) is 12.8 Å². The van der Waals surface area contributed by atoms with E-state index in [0.717, 1.165) is 11.1 Å². The summed E-state index contributed by atoms with van der Waals surface area (Å²) in [7, 11) is 1.81. The fourth-order valence-corrected chi connectivity index (χ4v) is 2.20. The van der Waals surface area contributed by atoms with Crippen molar-refractivity contribution in [3.63, 3.8) is 0 Å². The van der Waals surface area contributed by atoms with Crippen molar-refractivity contribution in [3.8, 4) is 5.75 Å². The minimum atomic E-state index is -0.00428. The summed E-state index contributed by atoms with van der Waals surface area (Å²) in [6.07, 6.45) is 4.55. The molecule has 0 saturated carbocycles. The van der Waals surface area contributed by atoms with E-state index in [9.17, 15) is 9.90 Å². The largest absolute Gasteiger partial charge is 0.508 e. The molecular formula is C17H20N2O2. The molecule has 0 aliphatic carbocycles. The summed E-state index contributed by atoms with van der Waals surface area (Å²) in [5, 5.41) is 9.42. The Labute approximate surface area is 125 Å². The van der Waals surface area contributed by atoms with Crippen molar-refractivity contribution in [3.05, 3.63) is 59.9 Å². The van der Waals surface area contributed by atoms with Gasteiger partial charge in [-0.05, 0) is 42.7 Å². The van der Waals surface area contributed by atoms with Crippen LogP contribution in [0.15, 0.2) is 48.8 Å². The van der Waals surface area contributed by atoms with Gasteiger partial charge in [0.1, 0.15) is 5.75 Å². The van der Waals surface area contributed by atoms with E-state index in [4.69, 9.17) is 0 Å². The normalized spacial score (nSPS) is 11.9. The van der Waals surface area contributed by atoms with E-state index in [2.05, 4.69) is 4.98 Å². The second-order valence-electron chi connectivity index (χ2n) is 5.14. The van der Waals surface area contributed by atoms with Crippen molar-refractivity contribution in [1.82, 2.24) is 9.88 Å². The molecule has 0 aliphatic rings. The predicted octanol–water partition coefficient (Wildman–Crippen LogP) is 2.94. The first-order valence-electron chi connectivity index (χ1n) is 7.01. The van der Waals surface area contributed by atoms with Gasteiger partial charge in [0.25, 0.3) is 0 Å². The van der Waals surface area contributed by atoms with Crippen LogP contribution in [0.1, 0.15) is 30.5 Å². The lowest BCUT2D eigenvalue weighted by Crippen LogP contribution is -2.29. The van der Waals surface area contributed by atoms with Gasteiger partial charge in [-0.2, -0.15) is 0 Å². The maximum Gasteiger partial charge on any atom is 0.223 e. The lowest BCUT2D eigenvalue weighted by atomic mass is 10.1. The Bertz CT molecular complexity index is 599. The maximum absolute atomic E-state index is 12.3. The number of phenols is 1. The summed E-state index contributed by atoms with van der Waals surface area (Å²) in [4.78, 5) is 18.1. The lowest BCUT2D eigenvalue weighted by molar-refractivity contribution is -0.131. The van der Waals surface area contributed by atoms with Gasteiger partial charge in [-0.1, -0.05) is 18.2 Å². The molecule has 0 saturated heterocycles. The number of aryl methyl sites for hydroxylation is 1. The van der Waals surface area contributed by atoms with E-state index in [1.165, 1.54) is 0 Å². The molecule has 1 heterocycles.